The van der Waals surface area contributed by atoms with E-state index in [0.29, 0.717) is 55.2 Å². The van der Waals surface area contributed by atoms with Crippen molar-refractivity contribution in [3.05, 3.63) is 78.1 Å². The monoisotopic (exact) mass is 636 g/mol. The first-order chi connectivity index (χ1) is 19.3. The molecule has 0 aromatic heterocycles. The Morgan fingerprint density at radius 1 is 0.829 bits per heavy atom. The van der Waals surface area contributed by atoms with Gasteiger partial charge in [0.25, 0.3) is 20.2 Å². The molecule has 2 aliphatic carbocycles. The zero-order valence-electron chi connectivity index (χ0n) is 21.2. The second kappa shape index (κ2) is 9.82. The van der Waals surface area contributed by atoms with Crippen LogP contribution in [0.15, 0.2) is 34.1 Å². The Bertz CT molecular complexity index is 2050. The van der Waals surface area contributed by atoms with Crippen LogP contribution in [0.5, 0.6) is 11.5 Å². The number of halogens is 2. The Labute approximate surface area is 245 Å². The Morgan fingerprint density at radius 3 is 2.17 bits per heavy atom. The van der Waals surface area contributed by atoms with Gasteiger partial charge < -0.3 is 9.84 Å². The third-order valence-corrected chi connectivity index (χ3v) is 10.2. The molecule has 0 saturated heterocycles. The van der Waals surface area contributed by atoms with E-state index in [0.717, 1.165) is 6.42 Å². The molecule has 3 aromatic carbocycles. The molecular formula is C28H22Cl2O9S2. The number of carbonyl (C=O) groups is 1. The molecule has 3 aromatic rings. The minimum absolute atomic E-state index is 0.0515. The number of ether oxygens (including phenoxy) is 1. The third-order valence-electron chi connectivity index (χ3n) is 7.74. The minimum atomic E-state index is -4.96. The van der Waals surface area contributed by atoms with Gasteiger partial charge in [-0.25, -0.2) is 4.79 Å². The van der Waals surface area contributed by atoms with Crippen LogP contribution in [0.4, 0.5) is 0 Å². The maximum absolute atomic E-state index is 12.9. The molecule has 41 heavy (non-hydrogen) atoms. The van der Waals surface area contributed by atoms with Crippen molar-refractivity contribution in [2.45, 2.75) is 54.7 Å². The Balaban J connectivity index is 1.94. The lowest BCUT2D eigenvalue weighted by Crippen LogP contribution is -2.31. The van der Waals surface area contributed by atoms with Crippen molar-refractivity contribution >= 4 is 61.1 Å². The standard InChI is InChI=1S/C28H22Cl2O9S2/c29-19-9-10-20(30)23(28(31)32)22(19)21-17-11-13-5-1-3-7-15(13)26(40(33,34)35)24(17)39-25-18(21)12-14-6-2-4-8-16(14)27(25)41(36,37)38/h7,9-12H,1-6,8H2,(H,31,32)(H,33,34,35)(H,36,37,38). The van der Waals surface area contributed by atoms with Crippen LogP contribution in [-0.4, -0.2) is 37.0 Å². The van der Waals surface area contributed by atoms with Crippen molar-refractivity contribution in [2.24, 2.45) is 0 Å². The first-order valence-corrected chi connectivity index (χ1v) is 16.4. The fourth-order valence-corrected chi connectivity index (χ4v) is 8.45. The van der Waals surface area contributed by atoms with Gasteiger partial charge in [0.2, 0.25) is 0 Å². The fourth-order valence-electron chi connectivity index (χ4n) is 6.15. The molecule has 9 nitrogen and oxygen atoms in total. The summed E-state index contributed by atoms with van der Waals surface area (Å²) < 4.78 is 78.5. The predicted octanol–water partition coefficient (Wildman–Crippen LogP) is 4.53. The SMILES string of the molecule is O=C(O)c1c(Cl)ccc(Cl)c1C1=c2cc3c(c(S(=O)(=O)O)c2Oc2c1cc1c(c2S(=O)(=O)O)CCCC1)=CCCC3. The number of aromatic carboxylic acids is 1. The number of benzene rings is 3. The summed E-state index contributed by atoms with van der Waals surface area (Å²) in [6, 6.07) is 5.99. The normalized spacial score (nSPS) is 16.0. The Morgan fingerprint density at radius 2 is 1.49 bits per heavy atom. The predicted molar refractivity (Wildman–Crippen MR) is 151 cm³/mol. The van der Waals surface area contributed by atoms with Gasteiger partial charge in [0.05, 0.1) is 10.6 Å². The molecule has 214 valence electrons. The molecule has 0 saturated carbocycles. The van der Waals surface area contributed by atoms with E-state index >= 15 is 0 Å². The average molecular weight is 638 g/mol. The molecule has 1 aliphatic heterocycles. The smallest absolute Gasteiger partial charge is 0.337 e. The molecule has 13 heteroatoms. The van der Waals surface area contributed by atoms with Gasteiger partial charge in [0, 0.05) is 26.9 Å². The lowest BCUT2D eigenvalue weighted by Gasteiger charge is -2.29. The van der Waals surface area contributed by atoms with Crippen LogP contribution in [-0.2, 0) is 39.5 Å². The Kier molecular flexibility index (Phi) is 6.76. The lowest BCUT2D eigenvalue weighted by molar-refractivity contribution is 0.0696. The molecule has 0 fully saturated rings. The zero-order valence-corrected chi connectivity index (χ0v) is 24.3. The second-order valence-electron chi connectivity index (χ2n) is 10.2. The summed E-state index contributed by atoms with van der Waals surface area (Å²) in [6.07, 6.45) is 5.50. The van der Waals surface area contributed by atoms with Crippen LogP contribution in [0, 0.1) is 0 Å². The van der Waals surface area contributed by atoms with Gasteiger partial charge in [-0.3, -0.25) is 9.11 Å². The van der Waals surface area contributed by atoms with E-state index in [1.54, 1.807) is 18.2 Å². The Hall–Kier alpha value is -2.93. The van der Waals surface area contributed by atoms with Crippen molar-refractivity contribution in [1.29, 1.82) is 0 Å². The maximum atomic E-state index is 12.9. The zero-order chi connectivity index (χ0) is 29.4. The first kappa shape index (κ1) is 28.2. The molecular weight excluding hydrogens is 615 g/mol. The molecule has 3 aliphatic rings. The van der Waals surface area contributed by atoms with Gasteiger partial charge >= 0.3 is 5.97 Å². The van der Waals surface area contributed by atoms with Gasteiger partial charge in [0.15, 0.2) is 11.5 Å². The molecule has 0 amide bonds. The van der Waals surface area contributed by atoms with E-state index in [1.165, 1.54) is 12.1 Å². The van der Waals surface area contributed by atoms with Crippen molar-refractivity contribution in [3.63, 3.8) is 0 Å². The number of carboxylic acid groups (broad SMARTS) is 1. The number of rotatable bonds is 4. The van der Waals surface area contributed by atoms with E-state index < -0.39 is 47.3 Å². The van der Waals surface area contributed by atoms with Crippen molar-refractivity contribution in [2.75, 3.05) is 0 Å². The van der Waals surface area contributed by atoms with Gasteiger partial charge in [-0.2, -0.15) is 16.8 Å². The maximum Gasteiger partial charge on any atom is 0.337 e. The van der Waals surface area contributed by atoms with Gasteiger partial charge in [-0.1, -0.05) is 29.3 Å². The van der Waals surface area contributed by atoms with Crippen LogP contribution in [0.1, 0.15) is 63.9 Å². The summed E-state index contributed by atoms with van der Waals surface area (Å²) >= 11 is 13.0. The molecule has 0 spiro atoms. The van der Waals surface area contributed by atoms with Gasteiger partial charge in [0.1, 0.15) is 9.79 Å². The summed E-state index contributed by atoms with van der Waals surface area (Å²) in [5.74, 6) is -2.22. The highest BCUT2D eigenvalue weighted by atomic mass is 35.5. The summed E-state index contributed by atoms with van der Waals surface area (Å²) in [4.78, 5) is 11.4. The van der Waals surface area contributed by atoms with E-state index in [-0.39, 0.29) is 42.9 Å². The fraction of sp³-hybridized carbons (Fsp3) is 0.250. The highest BCUT2D eigenvalue weighted by molar-refractivity contribution is 7.86. The van der Waals surface area contributed by atoms with E-state index in [4.69, 9.17) is 27.9 Å². The van der Waals surface area contributed by atoms with Crippen LogP contribution < -0.4 is 15.2 Å². The summed E-state index contributed by atoms with van der Waals surface area (Å²) in [5.41, 5.74) is 1.18. The topological polar surface area (TPSA) is 155 Å². The highest BCUT2D eigenvalue weighted by Crippen LogP contribution is 2.48. The van der Waals surface area contributed by atoms with Crippen molar-refractivity contribution in [3.8, 4) is 11.5 Å². The molecule has 3 N–H and O–H groups in total. The summed E-state index contributed by atoms with van der Waals surface area (Å²) in [7, 11) is -9.90. The van der Waals surface area contributed by atoms with E-state index in [2.05, 4.69) is 0 Å². The van der Waals surface area contributed by atoms with Crippen molar-refractivity contribution < 1.29 is 40.6 Å². The van der Waals surface area contributed by atoms with Gasteiger partial charge in [-0.15, -0.1) is 0 Å². The lowest BCUT2D eigenvalue weighted by atomic mass is 9.83. The summed E-state index contributed by atoms with van der Waals surface area (Å²) in [6.45, 7) is 0. The molecule has 6 rings (SSSR count). The number of hydrogen-bond acceptors (Lipinski definition) is 6. The van der Waals surface area contributed by atoms with Crippen LogP contribution in [0.2, 0.25) is 10.0 Å². The second-order valence-corrected chi connectivity index (χ2v) is 13.7. The van der Waals surface area contributed by atoms with Crippen LogP contribution >= 0.6 is 23.2 Å². The molecule has 0 unspecified atom stereocenters. The largest absolute Gasteiger partial charge is 0.478 e. The quantitative estimate of drug-likeness (QED) is 0.274. The van der Waals surface area contributed by atoms with Gasteiger partial charge in [-0.05, 0) is 91.1 Å². The van der Waals surface area contributed by atoms with E-state index in [1.807, 2.05) is 0 Å². The van der Waals surface area contributed by atoms with Crippen LogP contribution in [0.3, 0.4) is 0 Å². The average Bonchev–Trinajstić information content (AvgIpc) is 2.89. The number of aryl methyl sites for hydroxylation is 2. The molecule has 0 radical (unpaired) electrons. The van der Waals surface area contributed by atoms with E-state index in [9.17, 15) is 35.8 Å². The molecule has 0 bridgehead atoms. The summed E-state index contributed by atoms with van der Waals surface area (Å²) in [5, 5.41) is 10.3. The molecule has 1 heterocycles. The highest BCUT2D eigenvalue weighted by Gasteiger charge is 2.37. The number of carboxylic acids is 1. The molecule has 0 atom stereocenters. The number of fused-ring (bicyclic) bond motifs is 4. The van der Waals surface area contributed by atoms with Crippen molar-refractivity contribution in [1.82, 2.24) is 0 Å². The third kappa shape index (κ3) is 4.55. The first-order valence-electron chi connectivity index (χ1n) is 12.7. The van der Waals surface area contributed by atoms with Crippen LogP contribution in [0.25, 0.3) is 11.6 Å². The number of hydrogen-bond donors (Lipinski definition) is 3. The minimum Gasteiger partial charge on any atom is -0.478 e.